The van der Waals surface area contributed by atoms with Gasteiger partial charge in [0.2, 0.25) is 5.75 Å². The maximum atomic E-state index is 11.4. The molecule has 9 heteroatoms. The molecule has 0 heterocycles. The molecule has 2 rings (SSSR count). The number of benzene rings is 2. The van der Waals surface area contributed by atoms with Crippen LogP contribution < -0.4 is 20.2 Å². The summed E-state index contributed by atoms with van der Waals surface area (Å²) in [7, 11) is 0. The highest BCUT2D eigenvalue weighted by atomic mass is 32.1. The van der Waals surface area contributed by atoms with Crippen LogP contribution in [0.1, 0.15) is 25.0 Å². The Morgan fingerprint density at radius 3 is 2.57 bits per heavy atom. The first-order chi connectivity index (χ1) is 13.5. The Labute approximate surface area is 168 Å². The van der Waals surface area contributed by atoms with Gasteiger partial charge in [-0.05, 0) is 37.7 Å². The third-order valence-electron chi connectivity index (χ3n) is 3.52. The number of nitro groups is 1. The summed E-state index contributed by atoms with van der Waals surface area (Å²) in [5, 5.41) is 18.8. The zero-order chi connectivity index (χ0) is 20.4. The molecule has 0 bridgehead atoms. The third-order valence-corrected chi connectivity index (χ3v) is 3.75. The van der Waals surface area contributed by atoms with Gasteiger partial charge in [0.15, 0.2) is 10.9 Å². The number of hydrazone groups is 1. The Morgan fingerprint density at radius 2 is 1.93 bits per heavy atom. The van der Waals surface area contributed by atoms with Crippen LogP contribution in [0.25, 0.3) is 0 Å². The molecule has 0 aliphatic rings. The number of nitro benzene ring substituents is 1. The number of thiocarbonyl (C=S) groups is 1. The summed E-state index contributed by atoms with van der Waals surface area (Å²) >= 11 is 5.17. The van der Waals surface area contributed by atoms with E-state index in [4.69, 9.17) is 21.7 Å². The van der Waals surface area contributed by atoms with Crippen molar-refractivity contribution in [2.24, 2.45) is 5.10 Å². The average molecular weight is 402 g/mol. The number of hydrogen-bond acceptors (Lipinski definition) is 6. The molecule has 0 aliphatic carbocycles. The standard InChI is InChI=1S/C19H22N4O4S/c1-3-26-17-11-15(10-16(23(24)25)18(17)27-4-2)13-21-22-19(28)20-12-14-8-6-5-7-9-14/h5-11,13H,3-4,12H2,1-2H3,(H2,20,22,28)/b21-13-. The Balaban J connectivity index is 2.07. The SMILES string of the molecule is CCOc1cc(/C=N\NC(=S)NCc2ccccc2)cc([N+](=O)[O-])c1OCC. The lowest BCUT2D eigenvalue weighted by Crippen LogP contribution is -2.31. The largest absolute Gasteiger partial charge is 0.490 e. The molecule has 0 atom stereocenters. The van der Waals surface area contributed by atoms with Crippen molar-refractivity contribution in [2.45, 2.75) is 20.4 Å². The van der Waals surface area contributed by atoms with Crippen LogP contribution in [0.4, 0.5) is 5.69 Å². The summed E-state index contributed by atoms with van der Waals surface area (Å²) in [6, 6.07) is 12.8. The Bertz CT molecular complexity index is 843. The van der Waals surface area contributed by atoms with Crippen LogP contribution in [0, 0.1) is 10.1 Å². The van der Waals surface area contributed by atoms with Gasteiger partial charge in [0.25, 0.3) is 0 Å². The first-order valence-corrected chi connectivity index (χ1v) is 9.14. The van der Waals surface area contributed by atoms with Gasteiger partial charge in [0, 0.05) is 18.2 Å². The zero-order valence-corrected chi connectivity index (χ0v) is 16.5. The van der Waals surface area contributed by atoms with Gasteiger partial charge in [0.1, 0.15) is 0 Å². The molecule has 2 aromatic rings. The number of hydrogen-bond donors (Lipinski definition) is 2. The summed E-state index contributed by atoms with van der Waals surface area (Å²) in [6.07, 6.45) is 1.43. The van der Waals surface area contributed by atoms with E-state index in [1.165, 1.54) is 12.3 Å². The van der Waals surface area contributed by atoms with Gasteiger partial charge in [-0.1, -0.05) is 30.3 Å². The fourth-order valence-electron chi connectivity index (χ4n) is 2.35. The van der Waals surface area contributed by atoms with Crippen molar-refractivity contribution in [3.8, 4) is 11.5 Å². The third kappa shape index (κ3) is 6.20. The van der Waals surface area contributed by atoms with Crippen molar-refractivity contribution in [1.29, 1.82) is 0 Å². The fourth-order valence-corrected chi connectivity index (χ4v) is 2.48. The van der Waals surface area contributed by atoms with Gasteiger partial charge in [-0.3, -0.25) is 15.5 Å². The molecule has 0 saturated carbocycles. The lowest BCUT2D eigenvalue weighted by Gasteiger charge is -2.12. The summed E-state index contributed by atoms with van der Waals surface area (Å²) in [4.78, 5) is 10.9. The molecule has 148 valence electrons. The van der Waals surface area contributed by atoms with Crippen molar-refractivity contribution in [2.75, 3.05) is 13.2 Å². The van der Waals surface area contributed by atoms with Gasteiger partial charge in [-0.25, -0.2) is 0 Å². The minimum atomic E-state index is -0.510. The van der Waals surface area contributed by atoms with Gasteiger partial charge in [-0.2, -0.15) is 5.10 Å². The minimum Gasteiger partial charge on any atom is -0.490 e. The zero-order valence-electron chi connectivity index (χ0n) is 15.7. The van der Waals surface area contributed by atoms with Crippen molar-refractivity contribution in [3.05, 3.63) is 63.7 Å². The van der Waals surface area contributed by atoms with E-state index in [0.29, 0.717) is 29.6 Å². The van der Waals surface area contributed by atoms with Gasteiger partial charge in [-0.15, -0.1) is 0 Å². The fraction of sp³-hybridized carbons (Fsp3) is 0.263. The van der Waals surface area contributed by atoms with Crippen molar-refractivity contribution < 1.29 is 14.4 Å². The van der Waals surface area contributed by atoms with E-state index in [0.717, 1.165) is 5.56 Å². The predicted octanol–water partition coefficient (Wildman–Crippen LogP) is 3.39. The highest BCUT2D eigenvalue weighted by Gasteiger charge is 2.22. The first kappa shape index (κ1) is 21.1. The van der Waals surface area contributed by atoms with Crippen LogP contribution in [-0.2, 0) is 6.54 Å². The number of nitrogens with one attached hydrogen (secondary N) is 2. The topological polar surface area (TPSA) is 98.0 Å². The van der Waals surface area contributed by atoms with Crippen molar-refractivity contribution in [1.82, 2.24) is 10.7 Å². The highest BCUT2D eigenvalue weighted by Crippen LogP contribution is 2.38. The molecule has 0 amide bonds. The number of nitrogens with zero attached hydrogens (tertiary/aromatic N) is 2. The minimum absolute atomic E-state index is 0.111. The lowest BCUT2D eigenvalue weighted by atomic mass is 10.2. The van der Waals surface area contributed by atoms with Crippen LogP contribution in [0.3, 0.4) is 0 Å². The molecule has 0 radical (unpaired) electrons. The van der Waals surface area contributed by atoms with Crippen LogP contribution in [0.2, 0.25) is 0 Å². The van der Waals surface area contributed by atoms with E-state index in [1.54, 1.807) is 19.9 Å². The predicted molar refractivity (Wildman–Crippen MR) is 112 cm³/mol. The average Bonchev–Trinajstić information content (AvgIpc) is 2.69. The van der Waals surface area contributed by atoms with Crippen LogP contribution in [0.5, 0.6) is 11.5 Å². The number of rotatable bonds is 9. The number of ether oxygens (including phenoxy) is 2. The molecule has 0 aromatic heterocycles. The summed E-state index contributed by atoms with van der Waals surface area (Å²) in [6.45, 7) is 4.74. The van der Waals surface area contributed by atoms with Gasteiger partial charge >= 0.3 is 5.69 Å². The maximum absolute atomic E-state index is 11.4. The molecule has 0 spiro atoms. The van der Waals surface area contributed by atoms with Crippen molar-refractivity contribution in [3.63, 3.8) is 0 Å². The monoisotopic (exact) mass is 402 g/mol. The molecule has 2 aromatic carbocycles. The molecular formula is C19H22N4O4S. The summed E-state index contributed by atoms with van der Waals surface area (Å²) < 4.78 is 10.9. The van der Waals surface area contributed by atoms with E-state index in [2.05, 4.69) is 15.8 Å². The molecule has 0 fully saturated rings. The maximum Gasteiger partial charge on any atom is 0.315 e. The molecule has 0 saturated heterocycles. The quantitative estimate of drug-likeness (QED) is 0.287. The first-order valence-electron chi connectivity index (χ1n) is 8.74. The van der Waals surface area contributed by atoms with E-state index in [1.807, 2.05) is 30.3 Å². The van der Waals surface area contributed by atoms with Crippen LogP contribution in [-0.4, -0.2) is 29.5 Å². The summed E-state index contributed by atoms with van der Waals surface area (Å²) in [5.41, 5.74) is 4.07. The van der Waals surface area contributed by atoms with Crippen LogP contribution >= 0.6 is 12.2 Å². The second-order valence-corrected chi connectivity index (χ2v) is 5.94. The molecule has 0 aliphatic heterocycles. The second-order valence-electron chi connectivity index (χ2n) is 5.53. The summed E-state index contributed by atoms with van der Waals surface area (Å²) in [5.74, 6) is 0.407. The molecule has 0 unspecified atom stereocenters. The van der Waals surface area contributed by atoms with E-state index in [-0.39, 0.29) is 18.0 Å². The molecule has 28 heavy (non-hydrogen) atoms. The van der Waals surface area contributed by atoms with Crippen LogP contribution in [0.15, 0.2) is 47.6 Å². The normalized spacial score (nSPS) is 10.5. The van der Waals surface area contributed by atoms with E-state index >= 15 is 0 Å². The van der Waals surface area contributed by atoms with E-state index in [9.17, 15) is 10.1 Å². The smallest absolute Gasteiger partial charge is 0.315 e. The molecule has 2 N–H and O–H groups in total. The molecule has 8 nitrogen and oxygen atoms in total. The van der Waals surface area contributed by atoms with Crippen molar-refractivity contribution >= 4 is 29.2 Å². The Kier molecular flexibility index (Phi) is 8.16. The lowest BCUT2D eigenvalue weighted by molar-refractivity contribution is -0.385. The van der Waals surface area contributed by atoms with Gasteiger partial charge in [0.05, 0.1) is 24.4 Å². The van der Waals surface area contributed by atoms with E-state index < -0.39 is 4.92 Å². The highest BCUT2D eigenvalue weighted by molar-refractivity contribution is 7.80. The second kappa shape index (κ2) is 10.8. The van der Waals surface area contributed by atoms with Gasteiger partial charge < -0.3 is 14.8 Å². The molecular weight excluding hydrogens is 380 g/mol. The Hall–Kier alpha value is -3.20. The Morgan fingerprint density at radius 1 is 1.21 bits per heavy atom.